The first-order valence-corrected chi connectivity index (χ1v) is 12.4. The SMILES string of the molecule is Cc1cccc(NC(=O)NCC(=O)N2CCN(S(=O)(=O)c3cccc4cc(C)cnc34)CC2)c1. The summed E-state index contributed by atoms with van der Waals surface area (Å²) in [6.45, 7) is 4.50. The molecule has 1 fully saturated rings. The van der Waals surface area contributed by atoms with E-state index in [1.165, 1.54) is 4.31 Å². The number of hydrogen-bond acceptors (Lipinski definition) is 5. The molecular weight excluding hydrogens is 454 g/mol. The van der Waals surface area contributed by atoms with Crippen molar-refractivity contribution in [2.24, 2.45) is 0 Å². The Morgan fingerprint density at radius 3 is 2.44 bits per heavy atom. The largest absolute Gasteiger partial charge is 0.339 e. The van der Waals surface area contributed by atoms with E-state index in [0.29, 0.717) is 11.2 Å². The summed E-state index contributed by atoms with van der Waals surface area (Å²) in [4.78, 5) is 30.7. The smallest absolute Gasteiger partial charge is 0.319 e. The monoisotopic (exact) mass is 481 g/mol. The van der Waals surface area contributed by atoms with Crippen molar-refractivity contribution in [2.75, 3.05) is 38.0 Å². The number of aromatic nitrogens is 1. The normalized spacial score (nSPS) is 14.7. The number of amides is 3. The lowest BCUT2D eigenvalue weighted by molar-refractivity contribution is -0.131. The van der Waals surface area contributed by atoms with Crippen LogP contribution in [0.4, 0.5) is 10.5 Å². The average molecular weight is 482 g/mol. The van der Waals surface area contributed by atoms with Crippen LogP contribution in [0.1, 0.15) is 11.1 Å². The van der Waals surface area contributed by atoms with Crippen molar-refractivity contribution in [3.63, 3.8) is 0 Å². The van der Waals surface area contributed by atoms with Gasteiger partial charge >= 0.3 is 6.03 Å². The van der Waals surface area contributed by atoms with Crippen molar-refractivity contribution in [2.45, 2.75) is 18.7 Å². The number of rotatable bonds is 5. The van der Waals surface area contributed by atoms with Gasteiger partial charge in [-0.15, -0.1) is 0 Å². The van der Waals surface area contributed by atoms with Crippen molar-refractivity contribution in [3.8, 4) is 0 Å². The first kappa shape index (κ1) is 23.7. The minimum absolute atomic E-state index is 0.166. The Kier molecular flexibility index (Phi) is 6.80. The number of para-hydroxylation sites is 1. The highest BCUT2D eigenvalue weighted by Gasteiger charge is 2.31. The minimum Gasteiger partial charge on any atom is -0.339 e. The number of nitrogens with zero attached hydrogens (tertiary/aromatic N) is 3. The van der Waals surface area contributed by atoms with Crippen molar-refractivity contribution in [1.29, 1.82) is 0 Å². The topological polar surface area (TPSA) is 112 Å². The molecule has 0 unspecified atom stereocenters. The molecule has 0 atom stereocenters. The van der Waals surface area contributed by atoms with Crippen LogP contribution in [0.15, 0.2) is 59.6 Å². The zero-order valence-electron chi connectivity index (χ0n) is 19.1. The van der Waals surface area contributed by atoms with Crippen LogP contribution in [0.25, 0.3) is 10.9 Å². The van der Waals surface area contributed by atoms with Gasteiger partial charge < -0.3 is 15.5 Å². The summed E-state index contributed by atoms with van der Waals surface area (Å²) in [6.07, 6.45) is 1.65. The van der Waals surface area contributed by atoms with Gasteiger partial charge in [-0.2, -0.15) is 4.31 Å². The predicted molar refractivity (Wildman–Crippen MR) is 130 cm³/mol. The fourth-order valence-electron chi connectivity index (χ4n) is 3.93. The van der Waals surface area contributed by atoms with Gasteiger partial charge in [-0.1, -0.05) is 24.3 Å². The summed E-state index contributed by atoms with van der Waals surface area (Å²) >= 11 is 0. The number of benzene rings is 2. The summed E-state index contributed by atoms with van der Waals surface area (Å²) in [5.41, 5.74) is 3.05. The maximum absolute atomic E-state index is 13.3. The highest BCUT2D eigenvalue weighted by Crippen LogP contribution is 2.25. The number of sulfonamides is 1. The first-order chi connectivity index (χ1) is 16.2. The number of aryl methyl sites for hydroxylation is 2. The van der Waals surface area contributed by atoms with Gasteiger partial charge in [-0.25, -0.2) is 13.2 Å². The maximum Gasteiger partial charge on any atom is 0.319 e. The highest BCUT2D eigenvalue weighted by molar-refractivity contribution is 7.89. The van der Waals surface area contributed by atoms with Crippen LogP contribution in [-0.4, -0.2) is 67.3 Å². The number of piperazine rings is 1. The van der Waals surface area contributed by atoms with Gasteiger partial charge in [0, 0.05) is 43.4 Å². The molecule has 1 aromatic heterocycles. The lowest BCUT2D eigenvalue weighted by Gasteiger charge is -2.34. The second-order valence-corrected chi connectivity index (χ2v) is 10.2. The number of fused-ring (bicyclic) bond motifs is 1. The minimum atomic E-state index is -3.76. The number of anilines is 1. The fraction of sp³-hybridized carbons (Fsp3) is 0.292. The van der Waals surface area contributed by atoms with Crippen LogP contribution in [0.3, 0.4) is 0 Å². The number of carbonyl (C=O) groups is 2. The summed E-state index contributed by atoms with van der Waals surface area (Å²) in [6, 6.07) is 13.9. The summed E-state index contributed by atoms with van der Waals surface area (Å²) < 4.78 is 28.0. The van der Waals surface area contributed by atoms with Gasteiger partial charge in [-0.05, 0) is 49.2 Å². The number of urea groups is 1. The number of nitrogens with one attached hydrogen (secondary N) is 2. The predicted octanol–water partition coefficient (Wildman–Crippen LogP) is 2.51. The molecule has 10 heteroatoms. The average Bonchev–Trinajstić information content (AvgIpc) is 2.82. The summed E-state index contributed by atoms with van der Waals surface area (Å²) in [7, 11) is -3.76. The van der Waals surface area contributed by atoms with Crippen LogP contribution in [0.5, 0.6) is 0 Å². The van der Waals surface area contributed by atoms with E-state index < -0.39 is 16.1 Å². The third-order valence-electron chi connectivity index (χ3n) is 5.70. The quantitative estimate of drug-likeness (QED) is 0.582. The van der Waals surface area contributed by atoms with Crippen molar-refractivity contribution in [3.05, 3.63) is 65.9 Å². The Labute approximate surface area is 198 Å². The molecule has 2 N–H and O–H groups in total. The van der Waals surface area contributed by atoms with E-state index in [0.717, 1.165) is 16.5 Å². The lowest BCUT2D eigenvalue weighted by atomic mass is 10.2. The summed E-state index contributed by atoms with van der Waals surface area (Å²) in [5, 5.41) is 6.02. The third-order valence-corrected chi connectivity index (χ3v) is 7.63. The highest BCUT2D eigenvalue weighted by atomic mass is 32.2. The van der Waals surface area contributed by atoms with E-state index >= 15 is 0 Å². The van der Waals surface area contributed by atoms with Gasteiger partial charge in [0.2, 0.25) is 15.9 Å². The second kappa shape index (κ2) is 9.78. The van der Waals surface area contributed by atoms with Crippen LogP contribution < -0.4 is 10.6 Å². The van der Waals surface area contributed by atoms with Crippen molar-refractivity contribution < 1.29 is 18.0 Å². The fourth-order valence-corrected chi connectivity index (χ4v) is 5.52. The van der Waals surface area contributed by atoms with Crippen molar-refractivity contribution in [1.82, 2.24) is 19.5 Å². The zero-order valence-corrected chi connectivity index (χ0v) is 19.9. The Morgan fingerprint density at radius 1 is 0.971 bits per heavy atom. The molecule has 34 heavy (non-hydrogen) atoms. The van der Waals surface area contributed by atoms with E-state index in [9.17, 15) is 18.0 Å². The van der Waals surface area contributed by atoms with E-state index in [2.05, 4.69) is 15.6 Å². The molecule has 0 spiro atoms. The molecule has 0 aliphatic carbocycles. The zero-order chi connectivity index (χ0) is 24.3. The summed E-state index contributed by atoms with van der Waals surface area (Å²) in [5.74, 6) is -0.265. The van der Waals surface area contributed by atoms with Gasteiger partial charge in [0.1, 0.15) is 4.90 Å². The molecule has 1 saturated heterocycles. The number of carbonyl (C=O) groups excluding carboxylic acids is 2. The van der Waals surface area contributed by atoms with Gasteiger partial charge in [0.05, 0.1) is 12.1 Å². The van der Waals surface area contributed by atoms with Gasteiger partial charge in [-0.3, -0.25) is 9.78 Å². The Balaban J connectivity index is 1.34. The molecule has 2 aromatic carbocycles. The Morgan fingerprint density at radius 2 is 1.71 bits per heavy atom. The molecule has 1 aliphatic heterocycles. The molecule has 178 valence electrons. The van der Waals surface area contributed by atoms with Crippen molar-refractivity contribution >= 4 is 38.6 Å². The van der Waals surface area contributed by atoms with Crippen LogP contribution in [0, 0.1) is 13.8 Å². The van der Waals surface area contributed by atoms with Gasteiger partial charge in [0.15, 0.2) is 0 Å². The maximum atomic E-state index is 13.3. The van der Waals surface area contributed by atoms with E-state index in [4.69, 9.17) is 0 Å². The molecule has 9 nitrogen and oxygen atoms in total. The molecule has 0 bridgehead atoms. The Hall–Kier alpha value is -3.50. The Bertz CT molecular complexity index is 1330. The standard InChI is InChI=1S/C24H27N5O4S/c1-17-5-3-7-20(14-17)27-24(31)26-16-22(30)28-9-11-29(12-10-28)34(32,33)21-8-4-6-19-13-18(2)15-25-23(19)21/h3-8,13-15H,9-12,16H2,1-2H3,(H2,26,27,31). The van der Waals surface area contributed by atoms with E-state index in [-0.39, 0.29) is 43.5 Å². The lowest BCUT2D eigenvalue weighted by Crippen LogP contribution is -2.52. The van der Waals surface area contributed by atoms with Crippen LogP contribution in [0.2, 0.25) is 0 Å². The van der Waals surface area contributed by atoms with Crippen LogP contribution in [-0.2, 0) is 14.8 Å². The van der Waals surface area contributed by atoms with E-state index in [1.807, 2.05) is 44.2 Å². The second-order valence-electron chi connectivity index (χ2n) is 8.30. The molecule has 3 aromatic rings. The number of pyridine rings is 1. The van der Waals surface area contributed by atoms with E-state index in [1.54, 1.807) is 29.3 Å². The third kappa shape index (κ3) is 5.18. The molecule has 4 rings (SSSR count). The first-order valence-electron chi connectivity index (χ1n) is 11.0. The molecule has 2 heterocycles. The molecular formula is C24H27N5O4S. The molecule has 1 aliphatic rings. The number of hydrogen-bond donors (Lipinski definition) is 2. The molecule has 0 saturated carbocycles. The molecule has 0 radical (unpaired) electrons. The van der Waals surface area contributed by atoms with Crippen LogP contribution >= 0.6 is 0 Å². The van der Waals surface area contributed by atoms with Gasteiger partial charge in [0.25, 0.3) is 0 Å². The molecule has 3 amide bonds.